The molecule has 4 atom stereocenters. The van der Waals surface area contributed by atoms with Crippen molar-refractivity contribution >= 4 is 59.7 Å². The van der Waals surface area contributed by atoms with E-state index in [1.165, 1.54) is 4.90 Å². The summed E-state index contributed by atoms with van der Waals surface area (Å²) < 4.78 is 0. The maximum Gasteiger partial charge on any atom is 0.408 e. The van der Waals surface area contributed by atoms with Crippen molar-refractivity contribution in [1.29, 1.82) is 0 Å². The molecule has 25 heteroatoms. The van der Waals surface area contributed by atoms with Gasteiger partial charge in [-0.15, -0.1) is 0 Å². The summed E-state index contributed by atoms with van der Waals surface area (Å²) in [6.07, 6.45) is 4.13. The van der Waals surface area contributed by atoms with Crippen molar-refractivity contribution in [2.45, 2.75) is 135 Å². The lowest BCUT2D eigenvalue weighted by molar-refractivity contribution is -0.141. The standard InChI is InChI=1S/C41H73N9O16/c1-4-48(22-23-50(41(65)66)27-49(26-37(58)59)21-20-42-24-36(56)57)25-34(53)45-29(3)13-11-12-28(2)44-33(52)16-8-6-5-7-15-32(51)43-19-10-9-14-30(38(60)61)46-40(64)47-31(39(62)63)17-18-35(54)55/h28-31,42H,4-27H2,1-3H3,(H,43,51)(H,44,52)(H,45,53)(H,54,55)(H,56,57)(H,58,59)(H,60,61)(H,62,63)(H,65,66)(H2,46,47,64)/t28-,29+,30+,31?/m1/s1. The highest BCUT2D eigenvalue weighted by Crippen LogP contribution is 2.09. The number of carbonyl (C=O) groups excluding carboxylic acids is 4. The van der Waals surface area contributed by atoms with Gasteiger partial charge in [0.1, 0.15) is 12.1 Å². The molecule has 0 heterocycles. The van der Waals surface area contributed by atoms with Crippen LogP contribution in [0.1, 0.15) is 111 Å². The van der Waals surface area contributed by atoms with Crippen LogP contribution in [0.4, 0.5) is 9.59 Å². The van der Waals surface area contributed by atoms with E-state index >= 15 is 0 Å². The molecule has 12 N–H and O–H groups in total. The van der Waals surface area contributed by atoms with Gasteiger partial charge in [0.2, 0.25) is 17.7 Å². The van der Waals surface area contributed by atoms with E-state index in [9.17, 15) is 63.3 Å². The molecule has 0 aromatic carbocycles. The smallest absolute Gasteiger partial charge is 0.408 e. The fourth-order valence-electron chi connectivity index (χ4n) is 6.50. The van der Waals surface area contributed by atoms with E-state index < -0.39 is 67.0 Å². The van der Waals surface area contributed by atoms with Crippen molar-refractivity contribution in [2.75, 3.05) is 65.6 Å². The number of unbranched alkanes of at least 4 members (excludes halogenated alkanes) is 4. The number of carboxylic acid groups (broad SMARTS) is 6. The van der Waals surface area contributed by atoms with E-state index in [1.807, 2.05) is 20.8 Å². The van der Waals surface area contributed by atoms with E-state index in [0.717, 1.165) is 24.2 Å². The van der Waals surface area contributed by atoms with Gasteiger partial charge < -0.3 is 62.5 Å². The molecule has 1 unspecified atom stereocenters. The Labute approximate surface area is 384 Å². The Morgan fingerprint density at radius 3 is 1.61 bits per heavy atom. The summed E-state index contributed by atoms with van der Waals surface area (Å²) in [4.78, 5) is 121. The highest BCUT2D eigenvalue weighted by atomic mass is 16.4. The second-order valence-corrected chi connectivity index (χ2v) is 16.0. The second kappa shape index (κ2) is 35.4. The summed E-state index contributed by atoms with van der Waals surface area (Å²) in [6, 6.07) is -4.11. The second-order valence-electron chi connectivity index (χ2n) is 16.0. The lowest BCUT2D eigenvalue weighted by atomic mass is 10.1. The van der Waals surface area contributed by atoms with Crippen LogP contribution in [0, 0.1) is 0 Å². The molecule has 0 aliphatic rings. The average Bonchev–Trinajstić information content (AvgIpc) is 3.21. The van der Waals surface area contributed by atoms with Gasteiger partial charge in [-0.25, -0.2) is 19.2 Å². The topological polar surface area (TPSA) is 374 Å². The Morgan fingerprint density at radius 2 is 1.08 bits per heavy atom. The molecule has 0 bridgehead atoms. The average molecular weight is 948 g/mol. The Balaban J connectivity index is 4.31. The van der Waals surface area contributed by atoms with Gasteiger partial charge >= 0.3 is 42.0 Å². The first kappa shape index (κ1) is 60.2. The third-order valence-electron chi connectivity index (χ3n) is 10.1. The Morgan fingerprint density at radius 1 is 0.500 bits per heavy atom. The highest BCUT2D eigenvalue weighted by Gasteiger charge is 2.25. The predicted octanol–water partition coefficient (Wildman–Crippen LogP) is 0.184. The summed E-state index contributed by atoms with van der Waals surface area (Å²) in [6.45, 7) is 5.87. The van der Waals surface area contributed by atoms with Crippen molar-refractivity contribution in [2.24, 2.45) is 0 Å². The molecule has 66 heavy (non-hydrogen) atoms. The number of likely N-dealkylation sites (N-methyl/N-ethyl adjacent to an activating group) is 1. The number of carboxylic acids is 5. The summed E-state index contributed by atoms with van der Waals surface area (Å²) in [7, 11) is 0. The number of amides is 6. The molecule has 6 amide bonds. The fraction of sp³-hybridized carbons (Fsp3) is 0.756. The van der Waals surface area contributed by atoms with Gasteiger partial charge in [-0.05, 0) is 78.2 Å². The summed E-state index contributed by atoms with van der Waals surface area (Å²) in [5.41, 5.74) is 0. The molecular formula is C41H73N9O16. The first-order valence-electron chi connectivity index (χ1n) is 22.3. The monoisotopic (exact) mass is 948 g/mol. The molecule has 0 spiro atoms. The predicted molar refractivity (Wildman–Crippen MR) is 236 cm³/mol. The molecule has 0 rings (SSSR count). The van der Waals surface area contributed by atoms with Crippen LogP contribution in [0.5, 0.6) is 0 Å². The molecule has 0 fully saturated rings. The van der Waals surface area contributed by atoms with Gasteiger partial charge in [0.15, 0.2) is 0 Å². The van der Waals surface area contributed by atoms with Crippen LogP contribution in [-0.4, -0.2) is 195 Å². The summed E-state index contributed by atoms with van der Waals surface area (Å²) in [5, 5.41) is 70.6. The van der Waals surface area contributed by atoms with Gasteiger partial charge in [-0.2, -0.15) is 0 Å². The lowest BCUT2D eigenvalue weighted by Gasteiger charge is -2.30. The number of carbonyl (C=O) groups is 10. The van der Waals surface area contributed by atoms with Gasteiger partial charge in [0, 0.05) is 64.1 Å². The maximum absolute atomic E-state index is 12.8. The maximum atomic E-state index is 12.8. The third-order valence-corrected chi connectivity index (χ3v) is 10.1. The number of aliphatic carboxylic acids is 5. The van der Waals surface area contributed by atoms with Crippen LogP contribution in [0.15, 0.2) is 0 Å². The molecule has 378 valence electrons. The Hall–Kier alpha value is -5.82. The minimum Gasteiger partial charge on any atom is -0.481 e. The van der Waals surface area contributed by atoms with Crippen molar-refractivity contribution in [3.63, 3.8) is 0 Å². The van der Waals surface area contributed by atoms with E-state index in [1.54, 1.807) is 4.90 Å². The molecule has 25 nitrogen and oxygen atoms in total. The van der Waals surface area contributed by atoms with Crippen molar-refractivity contribution < 1.29 is 78.6 Å². The lowest BCUT2D eigenvalue weighted by Crippen LogP contribution is -2.51. The minimum atomic E-state index is -1.50. The van der Waals surface area contributed by atoms with E-state index in [4.69, 9.17) is 15.3 Å². The van der Waals surface area contributed by atoms with E-state index in [-0.39, 0.29) is 102 Å². The zero-order valence-electron chi connectivity index (χ0n) is 38.4. The minimum absolute atomic E-state index is 0.00802. The molecule has 0 saturated heterocycles. The van der Waals surface area contributed by atoms with Crippen LogP contribution in [-0.2, 0) is 38.4 Å². The SMILES string of the molecule is CCN(CCN(CN(CCNCC(=O)O)CC(=O)O)C(=O)O)CC(=O)N[C@@H](C)CCC[C@@H](C)NC(=O)CCCCCCC(=O)NCCCC[C@H](NC(=O)NC(CCC(=O)O)C(=O)O)C(=O)O. The first-order valence-corrected chi connectivity index (χ1v) is 22.3. The molecule has 0 aliphatic heterocycles. The van der Waals surface area contributed by atoms with E-state index in [0.29, 0.717) is 51.5 Å². The van der Waals surface area contributed by atoms with Crippen LogP contribution in [0.2, 0.25) is 0 Å². The molecular weight excluding hydrogens is 874 g/mol. The van der Waals surface area contributed by atoms with Crippen molar-refractivity contribution in [1.82, 2.24) is 46.6 Å². The van der Waals surface area contributed by atoms with Gasteiger partial charge in [0.05, 0.1) is 26.3 Å². The normalized spacial score (nSPS) is 12.9. The van der Waals surface area contributed by atoms with Gasteiger partial charge in [-0.3, -0.25) is 43.5 Å². The molecule has 0 aromatic heterocycles. The number of urea groups is 1. The number of hydrogen-bond donors (Lipinski definition) is 12. The molecule has 0 radical (unpaired) electrons. The van der Waals surface area contributed by atoms with Crippen LogP contribution in [0.25, 0.3) is 0 Å². The molecule has 0 aromatic rings. The number of nitrogens with one attached hydrogen (secondary N) is 6. The first-order chi connectivity index (χ1) is 31.1. The van der Waals surface area contributed by atoms with Crippen molar-refractivity contribution in [3.05, 3.63) is 0 Å². The fourth-order valence-corrected chi connectivity index (χ4v) is 6.50. The zero-order chi connectivity index (χ0) is 50.0. The Bertz CT molecular complexity index is 1560. The largest absolute Gasteiger partial charge is 0.481 e. The van der Waals surface area contributed by atoms with Gasteiger partial charge in [0.25, 0.3) is 0 Å². The van der Waals surface area contributed by atoms with Crippen LogP contribution >= 0.6 is 0 Å². The number of rotatable bonds is 40. The van der Waals surface area contributed by atoms with Crippen molar-refractivity contribution in [3.8, 4) is 0 Å². The number of nitrogens with zero attached hydrogens (tertiary/aromatic N) is 3. The quantitative estimate of drug-likeness (QED) is 0.0288. The summed E-state index contributed by atoms with van der Waals surface area (Å²) in [5.74, 6) is -6.76. The van der Waals surface area contributed by atoms with E-state index in [2.05, 4.69) is 31.9 Å². The zero-order valence-corrected chi connectivity index (χ0v) is 38.4. The highest BCUT2D eigenvalue weighted by molar-refractivity contribution is 5.86. The Kier molecular flexibility index (Phi) is 32.3. The van der Waals surface area contributed by atoms with Gasteiger partial charge in [-0.1, -0.05) is 19.8 Å². The molecule has 0 saturated carbocycles. The number of hydrogen-bond acceptors (Lipinski definition) is 13. The van der Waals surface area contributed by atoms with Crippen LogP contribution in [0.3, 0.4) is 0 Å². The third kappa shape index (κ3) is 32.8. The molecule has 0 aliphatic carbocycles. The van der Waals surface area contributed by atoms with Crippen LogP contribution < -0.4 is 31.9 Å². The summed E-state index contributed by atoms with van der Waals surface area (Å²) >= 11 is 0.